The second kappa shape index (κ2) is 9.00. The van der Waals surface area contributed by atoms with Gasteiger partial charge in [0.15, 0.2) is 0 Å². The Labute approximate surface area is 88.4 Å². The van der Waals surface area contributed by atoms with Crippen molar-refractivity contribution in [2.24, 2.45) is 0 Å². The molecule has 4 heteroatoms. The van der Waals surface area contributed by atoms with Gasteiger partial charge in [0.05, 0.1) is 0 Å². The van der Waals surface area contributed by atoms with Gasteiger partial charge in [-0.15, -0.1) is 11.6 Å². The van der Waals surface area contributed by atoms with Crippen LogP contribution in [0.15, 0.2) is 0 Å². The highest BCUT2D eigenvalue weighted by Gasteiger charge is 2.15. The van der Waals surface area contributed by atoms with E-state index in [1.165, 1.54) is 0 Å². The van der Waals surface area contributed by atoms with Crippen LogP contribution in [0.3, 0.4) is 0 Å². The highest BCUT2D eigenvalue weighted by Crippen LogP contribution is 2.08. The summed E-state index contributed by atoms with van der Waals surface area (Å²) in [4.78, 5) is 0. The normalized spacial score (nSPS) is 13.6. The predicted molar refractivity (Wildman–Crippen MR) is 59.8 cm³/mol. The average Bonchev–Trinajstić information content (AvgIpc) is 2.09. The zero-order chi connectivity index (χ0) is 10.1. The fraction of sp³-hybridized carbons (Fsp3) is 1.00. The first-order valence-electron chi connectivity index (χ1n) is 5.08. The van der Waals surface area contributed by atoms with Crippen LogP contribution in [-0.2, 0) is 8.85 Å². The van der Waals surface area contributed by atoms with Crippen LogP contribution >= 0.6 is 11.6 Å². The van der Waals surface area contributed by atoms with Crippen molar-refractivity contribution < 1.29 is 8.85 Å². The molecule has 0 amide bonds. The molecule has 0 saturated heterocycles. The maximum atomic E-state index is 5.91. The number of hydrogen-bond donors (Lipinski definition) is 0. The predicted octanol–water partition coefficient (Wildman–Crippen LogP) is 2.69. The van der Waals surface area contributed by atoms with Crippen molar-refractivity contribution in [2.75, 3.05) is 13.2 Å². The van der Waals surface area contributed by atoms with E-state index in [0.717, 1.165) is 32.1 Å². The summed E-state index contributed by atoms with van der Waals surface area (Å²) in [7, 11) is -1.46. The summed E-state index contributed by atoms with van der Waals surface area (Å²) >= 11 is 5.91. The maximum Gasteiger partial charge on any atom is 0.322 e. The van der Waals surface area contributed by atoms with Gasteiger partial charge in [-0.3, -0.25) is 0 Å². The van der Waals surface area contributed by atoms with E-state index in [4.69, 9.17) is 20.5 Å². The van der Waals surface area contributed by atoms with Gasteiger partial charge in [0.1, 0.15) is 0 Å². The van der Waals surface area contributed by atoms with Gasteiger partial charge in [-0.2, -0.15) is 0 Å². The Hall–Kier alpha value is 0.427. The third-order valence-electron chi connectivity index (χ3n) is 1.53. The lowest BCUT2D eigenvalue weighted by molar-refractivity contribution is 0.196. The van der Waals surface area contributed by atoms with Crippen LogP contribution in [0.1, 0.15) is 33.6 Å². The zero-order valence-electron chi connectivity index (χ0n) is 8.88. The highest BCUT2D eigenvalue weighted by atomic mass is 35.5. The molecular formula is C9H21ClO2Si. The van der Waals surface area contributed by atoms with Crippen LogP contribution in [0.4, 0.5) is 0 Å². The monoisotopic (exact) mass is 224 g/mol. The van der Waals surface area contributed by atoms with Crippen LogP contribution < -0.4 is 0 Å². The van der Waals surface area contributed by atoms with Gasteiger partial charge >= 0.3 is 9.28 Å². The van der Waals surface area contributed by atoms with Crippen molar-refractivity contribution in [3.05, 3.63) is 0 Å². The lowest BCUT2D eigenvalue weighted by atomic mass is 10.5. The Morgan fingerprint density at radius 2 is 1.62 bits per heavy atom. The standard InChI is InChI=1S/C9H21ClO2Si/c1-4-6-11-13(8-9(3)10)12-7-5-2/h9,13H,4-8H2,1-3H3. The quantitative estimate of drug-likeness (QED) is 0.466. The number of alkyl halides is 1. The van der Waals surface area contributed by atoms with Crippen LogP contribution in [0.5, 0.6) is 0 Å². The van der Waals surface area contributed by atoms with Gasteiger partial charge in [-0.05, 0) is 19.8 Å². The molecule has 0 saturated carbocycles. The van der Waals surface area contributed by atoms with Crippen molar-refractivity contribution in [2.45, 2.75) is 45.0 Å². The zero-order valence-corrected chi connectivity index (χ0v) is 10.8. The Kier molecular flexibility index (Phi) is 9.30. The molecule has 0 fully saturated rings. The molecule has 0 aliphatic rings. The molecule has 0 aliphatic carbocycles. The second-order valence-electron chi connectivity index (χ2n) is 3.19. The highest BCUT2D eigenvalue weighted by molar-refractivity contribution is 6.46. The smallest absolute Gasteiger partial charge is 0.322 e. The van der Waals surface area contributed by atoms with Crippen LogP contribution in [0, 0.1) is 0 Å². The van der Waals surface area contributed by atoms with E-state index in [0.29, 0.717) is 0 Å². The third kappa shape index (κ3) is 8.75. The molecule has 1 atom stereocenters. The minimum atomic E-state index is -1.46. The van der Waals surface area contributed by atoms with Crippen molar-refractivity contribution in [1.82, 2.24) is 0 Å². The molecule has 0 radical (unpaired) electrons. The third-order valence-corrected chi connectivity index (χ3v) is 4.32. The van der Waals surface area contributed by atoms with Crippen molar-refractivity contribution in [1.29, 1.82) is 0 Å². The van der Waals surface area contributed by atoms with E-state index < -0.39 is 9.28 Å². The molecule has 2 nitrogen and oxygen atoms in total. The van der Waals surface area contributed by atoms with E-state index >= 15 is 0 Å². The van der Waals surface area contributed by atoms with E-state index in [2.05, 4.69) is 13.8 Å². The molecule has 0 bridgehead atoms. The average molecular weight is 225 g/mol. The molecule has 80 valence electrons. The molecule has 0 spiro atoms. The fourth-order valence-corrected chi connectivity index (χ4v) is 3.28. The molecule has 0 rings (SSSR count). The largest absolute Gasteiger partial charge is 0.397 e. The van der Waals surface area contributed by atoms with Crippen LogP contribution in [0.2, 0.25) is 6.04 Å². The SMILES string of the molecule is CCCO[SiH](CC(C)Cl)OCCC. The fourth-order valence-electron chi connectivity index (χ4n) is 0.948. The van der Waals surface area contributed by atoms with E-state index in [1.807, 2.05) is 6.92 Å². The summed E-state index contributed by atoms with van der Waals surface area (Å²) in [5, 5.41) is 0.172. The number of hydrogen-bond acceptors (Lipinski definition) is 2. The van der Waals surface area contributed by atoms with Gasteiger partial charge in [0, 0.05) is 24.6 Å². The molecule has 0 aliphatic heterocycles. The lowest BCUT2D eigenvalue weighted by Crippen LogP contribution is -2.26. The summed E-state index contributed by atoms with van der Waals surface area (Å²) < 4.78 is 11.3. The second-order valence-corrected chi connectivity index (χ2v) is 5.93. The Bertz CT molecular complexity index is 104. The summed E-state index contributed by atoms with van der Waals surface area (Å²) in [5.74, 6) is 0. The first-order chi connectivity index (χ1) is 6.20. The van der Waals surface area contributed by atoms with Gasteiger partial charge in [0.25, 0.3) is 0 Å². The molecule has 0 aromatic rings. The van der Waals surface area contributed by atoms with Gasteiger partial charge in [-0.25, -0.2) is 0 Å². The van der Waals surface area contributed by atoms with E-state index in [1.54, 1.807) is 0 Å². The van der Waals surface area contributed by atoms with E-state index in [-0.39, 0.29) is 5.38 Å². The van der Waals surface area contributed by atoms with Crippen LogP contribution in [0.25, 0.3) is 0 Å². The minimum absolute atomic E-state index is 0.172. The summed E-state index contributed by atoms with van der Waals surface area (Å²) in [5.41, 5.74) is 0. The molecule has 1 unspecified atom stereocenters. The van der Waals surface area contributed by atoms with Crippen molar-refractivity contribution in [3.8, 4) is 0 Å². The Morgan fingerprint density at radius 1 is 1.15 bits per heavy atom. The molecule has 0 aromatic carbocycles. The summed E-state index contributed by atoms with van der Waals surface area (Å²) in [6.45, 7) is 7.82. The topological polar surface area (TPSA) is 18.5 Å². The van der Waals surface area contributed by atoms with Gasteiger partial charge in [-0.1, -0.05) is 13.8 Å². The van der Waals surface area contributed by atoms with Crippen LogP contribution in [-0.4, -0.2) is 27.9 Å². The molecular weight excluding hydrogens is 204 g/mol. The number of rotatable bonds is 8. The Morgan fingerprint density at radius 3 is 1.92 bits per heavy atom. The molecule has 0 N–H and O–H groups in total. The van der Waals surface area contributed by atoms with Gasteiger partial charge in [0.2, 0.25) is 0 Å². The van der Waals surface area contributed by atoms with Gasteiger partial charge < -0.3 is 8.85 Å². The summed E-state index contributed by atoms with van der Waals surface area (Å²) in [6, 6.07) is 0.904. The Balaban J connectivity index is 3.60. The van der Waals surface area contributed by atoms with Crippen molar-refractivity contribution >= 4 is 20.9 Å². The first kappa shape index (κ1) is 13.4. The maximum absolute atomic E-state index is 5.91. The first-order valence-corrected chi connectivity index (χ1v) is 7.27. The number of halogens is 1. The van der Waals surface area contributed by atoms with E-state index in [9.17, 15) is 0 Å². The minimum Gasteiger partial charge on any atom is -0.397 e. The molecule has 13 heavy (non-hydrogen) atoms. The molecule has 0 aromatic heterocycles. The van der Waals surface area contributed by atoms with Crippen molar-refractivity contribution in [3.63, 3.8) is 0 Å². The lowest BCUT2D eigenvalue weighted by Gasteiger charge is -2.16. The molecule has 0 heterocycles. The summed E-state index contributed by atoms with van der Waals surface area (Å²) in [6.07, 6.45) is 2.10.